The predicted octanol–water partition coefficient (Wildman–Crippen LogP) is 21.8. The molecule has 1 amide bonds. The molecule has 1 aliphatic rings. The summed E-state index contributed by atoms with van der Waals surface area (Å²) in [5, 5.41) is 54.4. The molecular weight excluding hydrogens is 1130 g/mol. The minimum atomic E-state index is -1.57. The largest absolute Gasteiger partial charge is 0.466 e. The topological polar surface area (TPSA) is 175 Å². The number of rotatable bonds is 73. The SMILES string of the molecule is CCCCCCCCCC/C=C/C(O)C(COC1OC(CO)C(O)C(O)C1O)NC(=O)CCCCCCCCCCCCCCCCCCCCCCCCCCCCCCCCCCCCCCCCCOC(=O)CCCCCCCCCCCCCCCC. The zero-order chi connectivity index (χ0) is 65.8. The van der Waals surface area contributed by atoms with E-state index >= 15 is 0 Å². The van der Waals surface area contributed by atoms with Crippen molar-refractivity contribution in [2.75, 3.05) is 19.8 Å². The third-order valence-electron chi connectivity index (χ3n) is 19.7. The second-order valence-electron chi connectivity index (χ2n) is 28.5. The summed E-state index contributed by atoms with van der Waals surface area (Å²) in [6.07, 6.45) is 78.4. The molecule has 1 rings (SSSR count). The van der Waals surface area contributed by atoms with E-state index in [1.165, 1.54) is 347 Å². The van der Waals surface area contributed by atoms with E-state index in [1.54, 1.807) is 6.08 Å². The van der Waals surface area contributed by atoms with Gasteiger partial charge in [-0.1, -0.05) is 392 Å². The van der Waals surface area contributed by atoms with Crippen molar-refractivity contribution < 1.29 is 49.3 Å². The molecule has 0 aromatic heterocycles. The number of amides is 1. The van der Waals surface area contributed by atoms with Crippen LogP contribution in [-0.2, 0) is 23.8 Å². The molecule has 540 valence electrons. The third kappa shape index (κ3) is 58.3. The van der Waals surface area contributed by atoms with Crippen LogP contribution in [0.5, 0.6) is 0 Å². The first-order valence-electron chi connectivity index (χ1n) is 40.5. The number of esters is 1. The molecule has 91 heavy (non-hydrogen) atoms. The summed E-state index contributed by atoms with van der Waals surface area (Å²) in [6, 6.07) is -0.803. The molecule has 0 aromatic carbocycles. The van der Waals surface area contributed by atoms with Crippen LogP contribution in [0.1, 0.15) is 425 Å². The fourth-order valence-electron chi connectivity index (χ4n) is 13.3. The van der Waals surface area contributed by atoms with Crippen LogP contribution in [0.3, 0.4) is 0 Å². The van der Waals surface area contributed by atoms with Gasteiger partial charge in [-0.3, -0.25) is 9.59 Å². The van der Waals surface area contributed by atoms with Gasteiger partial charge >= 0.3 is 5.97 Å². The molecule has 0 aromatic rings. The molecule has 0 spiro atoms. The quantitative estimate of drug-likeness (QED) is 0.0195. The summed E-state index contributed by atoms with van der Waals surface area (Å²) >= 11 is 0. The van der Waals surface area contributed by atoms with E-state index in [0.29, 0.717) is 19.4 Å². The van der Waals surface area contributed by atoms with Crippen molar-refractivity contribution in [1.29, 1.82) is 0 Å². The van der Waals surface area contributed by atoms with Gasteiger partial charge in [-0.05, 0) is 32.1 Å². The van der Waals surface area contributed by atoms with E-state index in [9.17, 15) is 35.1 Å². The zero-order valence-electron chi connectivity index (χ0n) is 60.3. The molecule has 11 nitrogen and oxygen atoms in total. The van der Waals surface area contributed by atoms with Crippen molar-refractivity contribution in [1.82, 2.24) is 5.32 Å². The summed E-state index contributed by atoms with van der Waals surface area (Å²) in [5.74, 6) is -0.153. The van der Waals surface area contributed by atoms with Gasteiger partial charge in [0.1, 0.15) is 24.4 Å². The van der Waals surface area contributed by atoms with Crippen LogP contribution >= 0.6 is 0 Å². The molecular formula is C80H155NO10. The molecule has 7 unspecified atom stereocenters. The minimum absolute atomic E-state index is 0.0217. The maximum absolute atomic E-state index is 13.0. The highest BCUT2D eigenvalue weighted by atomic mass is 16.7. The van der Waals surface area contributed by atoms with Gasteiger partial charge in [0.25, 0.3) is 0 Å². The van der Waals surface area contributed by atoms with Crippen molar-refractivity contribution in [3.63, 3.8) is 0 Å². The lowest BCUT2D eigenvalue weighted by atomic mass is 9.99. The Hall–Kier alpha value is -1.60. The molecule has 6 N–H and O–H groups in total. The number of ether oxygens (including phenoxy) is 3. The molecule has 0 radical (unpaired) electrons. The smallest absolute Gasteiger partial charge is 0.305 e. The number of aliphatic hydroxyl groups excluding tert-OH is 5. The van der Waals surface area contributed by atoms with Crippen molar-refractivity contribution in [3.8, 4) is 0 Å². The van der Waals surface area contributed by atoms with E-state index in [-0.39, 0.29) is 18.5 Å². The first-order valence-corrected chi connectivity index (χ1v) is 40.5. The number of aliphatic hydroxyl groups is 5. The third-order valence-corrected chi connectivity index (χ3v) is 19.7. The lowest BCUT2D eigenvalue weighted by Crippen LogP contribution is -2.60. The van der Waals surface area contributed by atoms with Crippen molar-refractivity contribution >= 4 is 11.9 Å². The Balaban J connectivity index is 1.84. The maximum Gasteiger partial charge on any atom is 0.305 e. The van der Waals surface area contributed by atoms with Gasteiger partial charge < -0.3 is 45.1 Å². The molecule has 0 saturated carbocycles. The fourth-order valence-corrected chi connectivity index (χ4v) is 13.3. The van der Waals surface area contributed by atoms with Crippen LogP contribution in [-0.4, -0.2) is 100 Å². The second kappa shape index (κ2) is 69.7. The van der Waals surface area contributed by atoms with E-state index in [2.05, 4.69) is 19.2 Å². The molecule has 11 heteroatoms. The van der Waals surface area contributed by atoms with E-state index in [1.807, 2.05) is 6.08 Å². The summed E-state index contributed by atoms with van der Waals surface area (Å²) < 4.78 is 16.8. The summed E-state index contributed by atoms with van der Waals surface area (Å²) in [4.78, 5) is 25.1. The minimum Gasteiger partial charge on any atom is -0.466 e. The molecule has 1 saturated heterocycles. The Morgan fingerprint density at radius 2 is 0.692 bits per heavy atom. The Labute approximate surface area is 563 Å². The van der Waals surface area contributed by atoms with Gasteiger partial charge in [0.2, 0.25) is 5.91 Å². The van der Waals surface area contributed by atoms with Crippen molar-refractivity contribution in [2.45, 2.75) is 468 Å². The predicted molar refractivity (Wildman–Crippen MR) is 385 cm³/mol. The normalized spacial score (nSPS) is 17.5. The number of carbonyl (C=O) groups excluding carboxylic acids is 2. The summed E-state index contributed by atoms with van der Waals surface area (Å²) in [6.45, 7) is 4.39. The zero-order valence-corrected chi connectivity index (χ0v) is 60.3. The number of carbonyl (C=O) groups is 2. The second-order valence-corrected chi connectivity index (χ2v) is 28.5. The molecule has 1 aliphatic heterocycles. The summed E-state index contributed by atoms with van der Waals surface area (Å²) in [5.41, 5.74) is 0. The van der Waals surface area contributed by atoms with Crippen molar-refractivity contribution in [3.05, 3.63) is 12.2 Å². The highest BCUT2D eigenvalue weighted by Crippen LogP contribution is 2.24. The Bertz CT molecular complexity index is 1510. The lowest BCUT2D eigenvalue weighted by molar-refractivity contribution is -0.302. The van der Waals surface area contributed by atoms with Crippen LogP contribution in [0.4, 0.5) is 0 Å². The lowest BCUT2D eigenvalue weighted by Gasteiger charge is -2.40. The molecule has 7 atom stereocenters. The van der Waals surface area contributed by atoms with Crippen LogP contribution in [0.2, 0.25) is 0 Å². The number of hydrogen-bond donors (Lipinski definition) is 6. The van der Waals surface area contributed by atoms with Crippen molar-refractivity contribution in [2.24, 2.45) is 0 Å². The van der Waals surface area contributed by atoms with E-state index < -0.39 is 49.5 Å². The highest BCUT2D eigenvalue weighted by Gasteiger charge is 2.44. The van der Waals surface area contributed by atoms with Crippen LogP contribution < -0.4 is 5.32 Å². The molecule has 0 bridgehead atoms. The Kier molecular flexibility index (Phi) is 67.0. The monoisotopic (exact) mass is 1290 g/mol. The maximum atomic E-state index is 13.0. The van der Waals surface area contributed by atoms with Gasteiger partial charge in [-0.2, -0.15) is 0 Å². The average molecular weight is 1290 g/mol. The van der Waals surface area contributed by atoms with Gasteiger partial charge in [0.05, 0.1) is 32.0 Å². The van der Waals surface area contributed by atoms with Gasteiger partial charge in [-0.15, -0.1) is 0 Å². The fraction of sp³-hybridized carbons (Fsp3) is 0.950. The van der Waals surface area contributed by atoms with Gasteiger partial charge in [0, 0.05) is 12.8 Å². The Morgan fingerprint density at radius 1 is 0.396 bits per heavy atom. The van der Waals surface area contributed by atoms with E-state index in [4.69, 9.17) is 14.2 Å². The van der Waals surface area contributed by atoms with Gasteiger partial charge in [0.15, 0.2) is 6.29 Å². The standard InChI is InChI=1S/C80H155NO10/c1-3-5-7-9-11-13-15-16-45-48-52-56-60-64-68-76(85)89-69-65-61-57-53-49-46-43-41-39-37-35-33-31-29-27-25-23-21-19-17-18-20-22-24-26-28-30-32-34-36-38-40-42-44-47-51-55-59-63-67-75(84)81-72(71-90-80-79(88)78(87)77(86)74(70-82)91-80)73(83)66-62-58-54-50-14-12-10-8-6-4-2/h62,66,72-74,77-80,82-83,86-88H,3-61,63-65,67-71H2,1-2H3,(H,81,84)/b66-62+. The number of allylic oxidation sites excluding steroid dienone is 1. The van der Waals surface area contributed by atoms with Crippen LogP contribution in [0.25, 0.3) is 0 Å². The molecule has 0 aliphatic carbocycles. The number of nitrogens with one attached hydrogen (secondary N) is 1. The average Bonchev–Trinajstić information content (AvgIpc) is 2.82. The molecule has 1 heterocycles. The number of unbranched alkanes of at least 4 members (excludes halogenated alkanes) is 59. The Morgan fingerprint density at radius 3 is 1.02 bits per heavy atom. The number of hydrogen-bond acceptors (Lipinski definition) is 10. The van der Waals surface area contributed by atoms with Crippen LogP contribution in [0, 0.1) is 0 Å². The summed E-state index contributed by atoms with van der Waals surface area (Å²) in [7, 11) is 0. The van der Waals surface area contributed by atoms with E-state index in [0.717, 1.165) is 51.4 Å². The first kappa shape index (κ1) is 87.4. The first-order chi connectivity index (χ1) is 44.7. The van der Waals surface area contributed by atoms with Gasteiger partial charge in [-0.25, -0.2) is 0 Å². The molecule has 1 fully saturated rings. The highest BCUT2D eigenvalue weighted by molar-refractivity contribution is 5.76. The van der Waals surface area contributed by atoms with Crippen LogP contribution in [0.15, 0.2) is 12.2 Å².